The van der Waals surface area contributed by atoms with Crippen molar-refractivity contribution in [2.24, 2.45) is 0 Å². The topological polar surface area (TPSA) is 59.1 Å². The molecule has 1 aromatic heterocycles. The predicted octanol–water partition coefficient (Wildman–Crippen LogP) is 4.11. The average molecular weight is 321 g/mol. The number of nitrogens with zero attached hydrogens (tertiary/aromatic N) is 2. The molecule has 98 valence electrons. The minimum atomic E-state index is 0.247. The molecule has 1 heterocycles. The van der Waals surface area contributed by atoms with Crippen molar-refractivity contribution in [3.63, 3.8) is 0 Å². The van der Waals surface area contributed by atoms with E-state index in [-0.39, 0.29) is 5.69 Å². The van der Waals surface area contributed by atoms with Gasteiger partial charge in [-0.3, -0.25) is 0 Å². The second-order valence-electron chi connectivity index (χ2n) is 4.40. The molecule has 0 spiro atoms. The maximum Gasteiger partial charge on any atom is 0.198 e. The molecule has 0 N–H and O–H groups in total. The van der Waals surface area contributed by atoms with E-state index in [1.807, 2.05) is 24.3 Å². The van der Waals surface area contributed by atoms with Crippen molar-refractivity contribution in [3.8, 4) is 23.1 Å². The fourth-order valence-electron chi connectivity index (χ4n) is 1.85. The van der Waals surface area contributed by atoms with E-state index in [1.54, 1.807) is 7.11 Å². The summed E-state index contributed by atoms with van der Waals surface area (Å²) in [6.07, 6.45) is 0. The zero-order valence-corrected chi connectivity index (χ0v) is 12.5. The van der Waals surface area contributed by atoms with Gasteiger partial charge in [-0.1, -0.05) is 19.0 Å². The van der Waals surface area contributed by atoms with Crippen LogP contribution in [0.4, 0.5) is 0 Å². The maximum absolute atomic E-state index is 8.88. The normalized spacial score (nSPS) is 10.5. The highest BCUT2D eigenvalue weighted by Gasteiger charge is 2.17. The standard InChI is InChI=1S/C14H13BrN2O2/c1-8(2)10-6-9(4-5-12(10)18-3)14-13(15)11(7-16)17-19-14/h4-6,8H,1-3H3. The van der Waals surface area contributed by atoms with E-state index in [2.05, 4.69) is 34.9 Å². The van der Waals surface area contributed by atoms with Gasteiger partial charge in [0.15, 0.2) is 11.5 Å². The van der Waals surface area contributed by atoms with Crippen molar-refractivity contribution in [1.82, 2.24) is 5.16 Å². The van der Waals surface area contributed by atoms with Crippen LogP contribution in [0, 0.1) is 11.3 Å². The minimum absolute atomic E-state index is 0.247. The van der Waals surface area contributed by atoms with Crippen LogP contribution in [0.3, 0.4) is 0 Å². The summed E-state index contributed by atoms with van der Waals surface area (Å²) in [4.78, 5) is 0. The van der Waals surface area contributed by atoms with Crippen LogP contribution in [0.2, 0.25) is 0 Å². The van der Waals surface area contributed by atoms with E-state index in [0.29, 0.717) is 16.2 Å². The Bertz CT molecular complexity index is 641. The van der Waals surface area contributed by atoms with Crippen molar-refractivity contribution in [2.75, 3.05) is 7.11 Å². The van der Waals surface area contributed by atoms with Gasteiger partial charge in [0, 0.05) is 5.56 Å². The zero-order valence-electron chi connectivity index (χ0n) is 10.9. The molecule has 0 unspecified atom stereocenters. The predicted molar refractivity (Wildman–Crippen MR) is 75.0 cm³/mol. The third kappa shape index (κ3) is 2.49. The third-order valence-corrected chi connectivity index (χ3v) is 3.59. The van der Waals surface area contributed by atoms with Crippen LogP contribution in [-0.2, 0) is 0 Å². The van der Waals surface area contributed by atoms with Gasteiger partial charge in [-0.25, -0.2) is 0 Å². The first kappa shape index (κ1) is 13.6. The summed E-state index contributed by atoms with van der Waals surface area (Å²) < 4.78 is 11.1. The number of rotatable bonds is 3. The number of benzene rings is 1. The van der Waals surface area contributed by atoms with Crippen LogP contribution in [0.5, 0.6) is 5.75 Å². The van der Waals surface area contributed by atoms with Crippen molar-refractivity contribution in [3.05, 3.63) is 33.9 Å². The van der Waals surface area contributed by atoms with Gasteiger partial charge in [0.25, 0.3) is 0 Å². The molecule has 0 saturated heterocycles. The van der Waals surface area contributed by atoms with Gasteiger partial charge in [-0.15, -0.1) is 0 Å². The van der Waals surface area contributed by atoms with E-state index in [1.165, 1.54) is 0 Å². The summed E-state index contributed by atoms with van der Waals surface area (Å²) in [7, 11) is 1.65. The summed E-state index contributed by atoms with van der Waals surface area (Å²) in [5.41, 5.74) is 2.20. The summed E-state index contributed by atoms with van der Waals surface area (Å²) in [6, 6.07) is 7.75. The summed E-state index contributed by atoms with van der Waals surface area (Å²) in [5.74, 6) is 1.73. The Morgan fingerprint density at radius 3 is 2.68 bits per heavy atom. The first-order valence-electron chi connectivity index (χ1n) is 5.82. The highest BCUT2D eigenvalue weighted by molar-refractivity contribution is 9.10. The van der Waals surface area contributed by atoms with E-state index in [0.717, 1.165) is 16.9 Å². The van der Waals surface area contributed by atoms with E-state index in [9.17, 15) is 0 Å². The van der Waals surface area contributed by atoms with Gasteiger partial charge in [0.05, 0.1) is 7.11 Å². The molecular weight excluding hydrogens is 308 g/mol. The van der Waals surface area contributed by atoms with Crippen molar-refractivity contribution < 1.29 is 9.26 Å². The lowest BCUT2D eigenvalue weighted by atomic mass is 9.98. The fraction of sp³-hybridized carbons (Fsp3) is 0.286. The summed E-state index contributed by atoms with van der Waals surface area (Å²) in [6.45, 7) is 4.19. The third-order valence-electron chi connectivity index (χ3n) is 2.86. The molecule has 0 fully saturated rings. The summed E-state index contributed by atoms with van der Waals surface area (Å²) >= 11 is 3.34. The second-order valence-corrected chi connectivity index (χ2v) is 5.19. The zero-order chi connectivity index (χ0) is 14.0. The first-order chi connectivity index (χ1) is 9.08. The number of hydrogen-bond acceptors (Lipinski definition) is 4. The molecule has 0 bridgehead atoms. The first-order valence-corrected chi connectivity index (χ1v) is 6.61. The fourth-order valence-corrected chi connectivity index (χ4v) is 2.32. The minimum Gasteiger partial charge on any atom is -0.496 e. The van der Waals surface area contributed by atoms with Crippen molar-refractivity contribution in [1.29, 1.82) is 5.26 Å². The van der Waals surface area contributed by atoms with Crippen molar-refractivity contribution in [2.45, 2.75) is 19.8 Å². The molecule has 19 heavy (non-hydrogen) atoms. The Kier molecular flexibility index (Phi) is 3.91. The molecule has 0 aliphatic carbocycles. The highest BCUT2D eigenvalue weighted by atomic mass is 79.9. The Balaban J connectivity index is 2.55. The molecule has 1 aromatic carbocycles. The second kappa shape index (κ2) is 5.45. The number of methoxy groups -OCH3 is 1. The Labute approximate surface area is 120 Å². The van der Waals surface area contributed by atoms with E-state index in [4.69, 9.17) is 14.5 Å². The van der Waals surface area contributed by atoms with Gasteiger partial charge in [0.2, 0.25) is 0 Å². The summed E-state index contributed by atoms with van der Waals surface area (Å²) in [5, 5.41) is 12.6. The van der Waals surface area contributed by atoms with E-state index < -0.39 is 0 Å². The Morgan fingerprint density at radius 2 is 2.16 bits per heavy atom. The molecule has 0 amide bonds. The van der Waals surface area contributed by atoms with Crippen LogP contribution in [-0.4, -0.2) is 12.3 Å². The van der Waals surface area contributed by atoms with Gasteiger partial charge >= 0.3 is 0 Å². The molecule has 0 atom stereocenters. The van der Waals surface area contributed by atoms with Gasteiger partial charge < -0.3 is 9.26 Å². The lowest BCUT2D eigenvalue weighted by molar-refractivity contribution is 0.407. The molecule has 0 aliphatic rings. The molecule has 2 rings (SSSR count). The Hall–Kier alpha value is -1.80. The van der Waals surface area contributed by atoms with Crippen LogP contribution < -0.4 is 4.74 Å². The highest BCUT2D eigenvalue weighted by Crippen LogP contribution is 2.35. The lowest BCUT2D eigenvalue weighted by Gasteiger charge is -2.12. The average Bonchev–Trinajstić information content (AvgIpc) is 2.79. The SMILES string of the molecule is COc1ccc(-c2onc(C#N)c2Br)cc1C(C)C. The van der Waals surface area contributed by atoms with Gasteiger partial charge in [0.1, 0.15) is 16.3 Å². The number of aromatic nitrogens is 1. The molecular formula is C14H13BrN2O2. The van der Waals surface area contributed by atoms with Crippen LogP contribution in [0.25, 0.3) is 11.3 Å². The maximum atomic E-state index is 8.88. The smallest absolute Gasteiger partial charge is 0.198 e. The molecule has 0 aliphatic heterocycles. The number of halogens is 1. The number of nitriles is 1. The molecule has 5 heteroatoms. The lowest BCUT2D eigenvalue weighted by Crippen LogP contribution is -1.94. The molecule has 0 radical (unpaired) electrons. The van der Waals surface area contributed by atoms with Gasteiger partial charge in [-0.2, -0.15) is 5.26 Å². The quantitative estimate of drug-likeness (QED) is 0.853. The number of hydrogen-bond donors (Lipinski definition) is 0. The monoisotopic (exact) mass is 320 g/mol. The molecule has 0 saturated carbocycles. The Morgan fingerprint density at radius 1 is 1.42 bits per heavy atom. The van der Waals surface area contributed by atoms with Crippen LogP contribution >= 0.6 is 15.9 Å². The van der Waals surface area contributed by atoms with Crippen LogP contribution in [0.15, 0.2) is 27.2 Å². The largest absolute Gasteiger partial charge is 0.496 e. The molecule has 2 aromatic rings. The number of ether oxygens (including phenoxy) is 1. The van der Waals surface area contributed by atoms with Gasteiger partial charge in [-0.05, 0) is 45.6 Å². The van der Waals surface area contributed by atoms with Crippen molar-refractivity contribution >= 4 is 15.9 Å². The van der Waals surface area contributed by atoms with E-state index >= 15 is 0 Å². The van der Waals surface area contributed by atoms with Crippen LogP contribution in [0.1, 0.15) is 31.0 Å². The molecule has 4 nitrogen and oxygen atoms in total.